The average molecular weight is 345 g/mol. The second kappa shape index (κ2) is 7.74. The van der Waals surface area contributed by atoms with Crippen LogP contribution in [-0.4, -0.2) is 49.3 Å². The van der Waals surface area contributed by atoms with E-state index in [0.29, 0.717) is 30.8 Å². The summed E-state index contributed by atoms with van der Waals surface area (Å²) in [6.07, 6.45) is -0.501. The first kappa shape index (κ1) is 16.3. The highest BCUT2D eigenvalue weighted by atomic mass is 79.9. The summed E-state index contributed by atoms with van der Waals surface area (Å²) in [5.74, 6) is 0.461. The number of hydrogen-bond donors (Lipinski definition) is 2. The van der Waals surface area contributed by atoms with Gasteiger partial charge in [0.15, 0.2) is 0 Å². The van der Waals surface area contributed by atoms with Crippen LogP contribution in [0.4, 0.5) is 4.79 Å². The molecular weight excluding hydrogens is 328 g/mol. The molecule has 0 atom stereocenters. The molecule has 0 aromatic heterocycles. The Kier molecular flexibility index (Phi) is 6.30. The lowest BCUT2D eigenvalue weighted by Gasteiger charge is -2.17. The van der Waals surface area contributed by atoms with Crippen molar-refractivity contribution in [3.8, 4) is 5.75 Å². The Labute approximate surface area is 125 Å². The number of methoxy groups -OCH3 is 1. The van der Waals surface area contributed by atoms with Crippen LogP contribution in [0.5, 0.6) is 5.75 Å². The molecule has 1 rings (SSSR count). The fraction of sp³-hybridized carbons (Fsp3) is 0.385. The lowest BCUT2D eigenvalue weighted by atomic mass is 10.2. The van der Waals surface area contributed by atoms with Gasteiger partial charge in [0.2, 0.25) is 0 Å². The molecule has 0 aliphatic carbocycles. The van der Waals surface area contributed by atoms with E-state index in [4.69, 9.17) is 9.84 Å². The molecule has 0 fully saturated rings. The summed E-state index contributed by atoms with van der Waals surface area (Å²) in [5.41, 5.74) is 0.527. The molecule has 2 amide bonds. The Morgan fingerprint density at radius 2 is 2.15 bits per heavy atom. The molecule has 0 unspecified atom stereocenters. The predicted molar refractivity (Wildman–Crippen MR) is 78.3 cm³/mol. The topological polar surface area (TPSA) is 78.9 Å². The van der Waals surface area contributed by atoms with Crippen LogP contribution >= 0.6 is 15.9 Å². The van der Waals surface area contributed by atoms with Gasteiger partial charge >= 0.3 is 6.09 Å². The van der Waals surface area contributed by atoms with Crippen molar-refractivity contribution in [2.24, 2.45) is 0 Å². The van der Waals surface area contributed by atoms with Gasteiger partial charge in [-0.05, 0) is 40.5 Å². The minimum atomic E-state index is -1.06. The number of rotatable bonds is 6. The molecule has 0 radical (unpaired) electrons. The van der Waals surface area contributed by atoms with Gasteiger partial charge in [-0.3, -0.25) is 4.79 Å². The fourth-order valence-corrected chi connectivity index (χ4v) is 2.03. The number of carboxylic acid groups (broad SMARTS) is 1. The van der Waals surface area contributed by atoms with E-state index in [2.05, 4.69) is 21.2 Å². The van der Waals surface area contributed by atoms with Gasteiger partial charge in [0, 0.05) is 25.7 Å². The molecule has 0 bridgehead atoms. The molecule has 2 N–H and O–H groups in total. The summed E-state index contributed by atoms with van der Waals surface area (Å²) in [7, 11) is 3.22. The molecule has 0 saturated carbocycles. The molecule has 0 saturated heterocycles. The van der Waals surface area contributed by atoms with Crippen LogP contribution in [0.25, 0.3) is 0 Å². The molecule has 0 aliphatic heterocycles. The van der Waals surface area contributed by atoms with Gasteiger partial charge in [-0.25, -0.2) is 4.79 Å². The molecular formula is C13H17BrN2O4. The summed E-state index contributed by atoms with van der Waals surface area (Å²) < 4.78 is 5.93. The molecule has 110 valence electrons. The minimum Gasteiger partial charge on any atom is -0.496 e. The molecule has 0 spiro atoms. The van der Waals surface area contributed by atoms with E-state index >= 15 is 0 Å². The molecule has 7 heteroatoms. The van der Waals surface area contributed by atoms with Gasteiger partial charge in [0.1, 0.15) is 5.75 Å². The first-order chi connectivity index (χ1) is 9.45. The molecule has 6 nitrogen and oxygen atoms in total. The third-order valence-electron chi connectivity index (χ3n) is 2.69. The van der Waals surface area contributed by atoms with Crippen molar-refractivity contribution in [1.82, 2.24) is 10.2 Å². The summed E-state index contributed by atoms with van der Waals surface area (Å²) >= 11 is 3.33. The third kappa shape index (κ3) is 4.73. The first-order valence-corrected chi connectivity index (χ1v) is 6.80. The molecule has 20 heavy (non-hydrogen) atoms. The molecule has 1 aromatic carbocycles. The number of benzene rings is 1. The smallest absolute Gasteiger partial charge is 0.404 e. The van der Waals surface area contributed by atoms with Gasteiger partial charge in [0.25, 0.3) is 5.91 Å². The van der Waals surface area contributed by atoms with Crippen LogP contribution in [0.1, 0.15) is 16.8 Å². The second-order valence-electron chi connectivity index (χ2n) is 4.16. The predicted octanol–water partition coefficient (Wildman–Crippen LogP) is 2.19. The van der Waals surface area contributed by atoms with Gasteiger partial charge in [-0.15, -0.1) is 0 Å². The lowest BCUT2D eigenvalue weighted by Crippen LogP contribution is -2.31. The SMILES string of the molecule is COc1cc(C(=O)N(C)CCCNC(=O)O)ccc1Br. The fourth-order valence-electron chi connectivity index (χ4n) is 1.63. The maximum Gasteiger partial charge on any atom is 0.404 e. The van der Waals surface area contributed by atoms with Gasteiger partial charge in [0.05, 0.1) is 11.6 Å². The monoisotopic (exact) mass is 344 g/mol. The van der Waals surface area contributed by atoms with Gasteiger partial charge < -0.3 is 20.1 Å². The molecule has 1 aromatic rings. The number of halogens is 1. The van der Waals surface area contributed by atoms with E-state index in [1.807, 2.05) is 0 Å². The molecule has 0 heterocycles. The number of hydrogen-bond acceptors (Lipinski definition) is 3. The maximum absolute atomic E-state index is 12.2. The van der Waals surface area contributed by atoms with Gasteiger partial charge in [-0.1, -0.05) is 0 Å². The lowest BCUT2D eigenvalue weighted by molar-refractivity contribution is 0.0793. The van der Waals surface area contributed by atoms with Gasteiger partial charge in [-0.2, -0.15) is 0 Å². The summed E-state index contributed by atoms with van der Waals surface area (Å²) in [4.78, 5) is 24.0. The average Bonchev–Trinajstić information content (AvgIpc) is 2.42. The van der Waals surface area contributed by atoms with Crippen molar-refractivity contribution in [3.63, 3.8) is 0 Å². The zero-order chi connectivity index (χ0) is 15.1. The first-order valence-electron chi connectivity index (χ1n) is 6.01. The van der Waals surface area contributed by atoms with Crippen molar-refractivity contribution in [2.45, 2.75) is 6.42 Å². The standard InChI is InChI=1S/C13H17BrN2O4/c1-16(7-3-6-15-13(18)19)12(17)9-4-5-10(14)11(8-9)20-2/h4-5,8,15H,3,6-7H2,1-2H3,(H,18,19). The Morgan fingerprint density at radius 3 is 2.75 bits per heavy atom. The summed E-state index contributed by atoms with van der Waals surface area (Å²) in [6.45, 7) is 0.786. The van der Waals surface area contributed by atoms with E-state index in [-0.39, 0.29) is 5.91 Å². The van der Waals surface area contributed by atoms with Crippen LogP contribution < -0.4 is 10.1 Å². The Hall–Kier alpha value is -1.76. The van der Waals surface area contributed by atoms with Crippen molar-refractivity contribution in [1.29, 1.82) is 0 Å². The minimum absolute atomic E-state index is 0.133. The number of amides is 2. The summed E-state index contributed by atoms with van der Waals surface area (Å²) in [6, 6.07) is 5.13. The second-order valence-corrected chi connectivity index (χ2v) is 5.02. The van der Waals surface area contributed by atoms with Crippen molar-refractivity contribution < 1.29 is 19.4 Å². The zero-order valence-corrected chi connectivity index (χ0v) is 12.9. The summed E-state index contributed by atoms with van der Waals surface area (Å²) in [5, 5.41) is 10.7. The van der Waals surface area contributed by atoms with Crippen LogP contribution in [0, 0.1) is 0 Å². The van der Waals surface area contributed by atoms with Crippen molar-refractivity contribution >= 4 is 27.9 Å². The van der Waals surface area contributed by atoms with E-state index < -0.39 is 6.09 Å². The Morgan fingerprint density at radius 1 is 1.45 bits per heavy atom. The van der Waals surface area contributed by atoms with E-state index in [1.54, 1.807) is 30.1 Å². The highest BCUT2D eigenvalue weighted by Crippen LogP contribution is 2.26. The normalized spacial score (nSPS) is 9.95. The van der Waals surface area contributed by atoms with E-state index in [0.717, 1.165) is 4.47 Å². The number of nitrogens with one attached hydrogen (secondary N) is 1. The number of nitrogens with zero attached hydrogens (tertiary/aromatic N) is 1. The van der Waals surface area contributed by atoms with E-state index in [9.17, 15) is 9.59 Å². The van der Waals surface area contributed by atoms with Crippen LogP contribution in [0.2, 0.25) is 0 Å². The Balaban J connectivity index is 2.58. The van der Waals surface area contributed by atoms with Crippen LogP contribution in [-0.2, 0) is 0 Å². The number of carbonyl (C=O) groups excluding carboxylic acids is 1. The highest BCUT2D eigenvalue weighted by Gasteiger charge is 2.13. The molecule has 0 aliphatic rings. The number of carbonyl (C=O) groups is 2. The van der Waals surface area contributed by atoms with E-state index in [1.165, 1.54) is 7.11 Å². The largest absolute Gasteiger partial charge is 0.496 e. The third-order valence-corrected chi connectivity index (χ3v) is 3.35. The van der Waals surface area contributed by atoms with Crippen molar-refractivity contribution in [3.05, 3.63) is 28.2 Å². The number of ether oxygens (including phenoxy) is 1. The maximum atomic E-state index is 12.2. The van der Waals surface area contributed by atoms with Crippen LogP contribution in [0.15, 0.2) is 22.7 Å². The highest BCUT2D eigenvalue weighted by molar-refractivity contribution is 9.10. The zero-order valence-electron chi connectivity index (χ0n) is 11.4. The Bertz CT molecular complexity index is 493. The van der Waals surface area contributed by atoms with Crippen LogP contribution in [0.3, 0.4) is 0 Å². The quantitative estimate of drug-likeness (QED) is 0.775. The van der Waals surface area contributed by atoms with Crippen molar-refractivity contribution in [2.75, 3.05) is 27.2 Å².